The second-order valence-electron chi connectivity index (χ2n) is 13.6. The van der Waals surface area contributed by atoms with Crippen molar-refractivity contribution in [2.45, 2.75) is 0 Å². The van der Waals surface area contributed by atoms with E-state index in [1.807, 2.05) is 24.3 Å². The summed E-state index contributed by atoms with van der Waals surface area (Å²) >= 11 is 0. The fourth-order valence-corrected chi connectivity index (χ4v) is 8.17. The SMILES string of the molecule is c1ccc(-c2ccc(-c3nc(-c4ccccc4)nc(-c4ccc5c(ccc6c7cccc8c7c7c(cccc7n8-c7ccccc7)c56)c4)n3)cc2)cc1. The summed E-state index contributed by atoms with van der Waals surface area (Å²) in [6.07, 6.45) is 0. The lowest BCUT2D eigenvalue weighted by Crippen LogP contribution is -2.00. The van der Waals surface area contributed by atoms with Gasteiger partial charge in [0.2, 0.25) is 0 Å². The van der Waals surface area contributed by atoms with E-state index in [0.29, 0.717) is 17.5 Å². The van der Waals surface area contributed by atoms with Crippen molar-refractivity contribution < 1.29 is 0 Å². The first-order valence-corrected chi connectivity index (χ1v) is 18.0. The molecule has 0 saturated carbocycles. The molecule has 0 aliphatic heterocycles. The van der Waals surface area contributed by atoms with Crippen molar-refractivity contribution in [3.8, 4) is 51.0 Å². The summed E-state index contributed by atoms with van der Waals surface area (Å²) in [4.78, 5) is 15.1. The molecule has 0 bridgehead atoms. The standard InChI is InChI=1S/C49H30N4/c1-4-12-31(13-5-1)32-22-24-34(25-23-32)48-50-47(33-14-6-2-7-15-33)51-49(52-48)36-27-28-38-35(30-36)26-29-40-39-18-10-20-42-45(39)46-41(44(38)40)19-11-21-43(46)53(42)37-16-8-3-9-17-37/h1-30H. The molecule has 0 atom stereocenters. The lowest BCUT2D eigenvalue weighted by atomic mass is 9.91. The summed E-state index contributed by atoms with van der Waals surface area (Å²) in [6, 6.07) is 64.4. The molecule has 53 heavy (non-hydrogen) atoms. The Kier molecular flexibility index (Phi) is 6.52. The van der Waals surface area contributed by atoms with Crippen molar-refractivity contribution in [1.29, 1.82) is 0 Å². The minimum atomic E-state index is 0.647. The molecule has 0 saturated heterocycles. The Hall–Kier alpha value is -7.17. The summed E-state index contributed by atoms with van der Waals surface area (Å²) in [6.45, 7) is 0. The fraction of sp³-hybridized carbons (Fsp3) is 0. The van der Waals surface area contributed by atoms with Crippen LogP contribution in [-0.4, -0.2) is 19.5 Å². The van der Waals surface area contributed by atoms with Gasteiger partial charge in [0.25, 0.3) is 0 Å². The van der Waals surface area contributed by atoms with Crippen LogP contribution >= 0.6 is 0 Å². The van der Waals surface area contributed by atoms with Crippen molar-refractivity contribution in [1.82, 2.24) is 19.5 Å². The van der Waals surface area contributed by atoms with Gasteiger partial charge in [-0.15, -0.1) is 0 Å². The Balaban J connectivity index is 1.10. The van der Waals surface area contributed by atoms with Gasteiger partial charge in [0.05, 0.1) is 11.0 Å². The summed E-state index contributed by atoms with van der Waals surface area (Å²) in [5, 5.41) is 10.0. The van der Waals surface area contributed by atoms with E-state index in [1.54, 1.807) is 0 Å². The summed E-state index contributed by atoms with van der Waals surface area (Å²) < 4.78 is 2.40. The Morgan fingerprint density at radius 1 is 0.302 bits per heavy atom. The van der Waals surface area contributed by atoms with Crippen LogP contribution < -0.4 is 0 Å². The Labute approximate surface area is 305 Å². The van der Waals surface area contributed by atoms with Gasteiger partial charge in [-0.2, -0.15) is 0 Å². The minimum absolute atomic E-state index is 0.647. The van der Waals surface area contributed by atoms with Crippen LogP contribution in [0.5, 0.6) is 0 Å². The monoisotopic (exact) mass is 674 g/mol. The smallest absolute Gasteiger partial charge is 0.164 e. The number of nitrogens with zero attached hydrogens (tertiary/aromatic N) is 4. The highest BCUT2D eigenvalue weighted by molar-refractivity contribution is 6.38. The Morgan fingerprint density at radius 2 is 0.774 bits per heavy atom. The maximum atomic E-state index is 5.09. The number of rotatable bonds is 5. The topological polar surface area (TPSA) is 43.6 Å². The molecular formula is C49H30N4. The Morgan fingerprint density at radius 3 is 1.45 bits per heavy atom. The van der Waals surface area contributed by atoms with Gasteiger partial charge >= 0.3 is 0 Å². The van der Waals surface area contributed by atoms with E-state index in [2.05, 4.69) is 162 Å². The van der Waals surface area contributed by atoms with Gasteiger partial charge in [0, 0.05) is 33.2 Å². The molecule has 0 spiro atoms. The minimum Gasteiger partial charge on any atom is -0.309 e. The molecule has 0 aliphatic carbocycles. The van der Waals surface area contributed by atoms with Crippen LogP contribution in [0.4, 0.5) is 0 Å². The van der Waals surface area contributed by atoms with Crippen molar-refractivity contribution >= 4 is 54.1 Å². The van der Waals surface area contributed by atoms with Gasteiger partial charge < -0.3 is 4.57 Å². The molecule has 0 radical (unpaired) electrons. The molecule has 2 aromatic heterocycles. The summed E-state index contributed by atoms with van der Waals surface area (Å²) in [5.74, 6) is 1.95. The van der Waals surface area contributed by atoms with E-state index in [9.17, 15) is 0 Å². The molecule has 0 amide bonds. The number of hydrogen-bond acceptors (Lipinski definition) is 3. The van der Waals surface area contributed by atoms with Crippen molar-refractivity contribution in [2.24, 2.45) is 0 Å². The molecule has 0 unspecified atom stereocenters. The highest BCUT2D eigenvalue weighted by atomic mass is 15.0. The second kappa shape index (κ2) is 11.7. The Bertz CT molecular complexity index is 3130. The van der Waals surface area contributed by atoms with Crippen LogP contribution in [0.1, 0.15) is 0 Å². The number of fused-ring (bicyclic) bond motifs is 5. The predicted molar refractivity (Wildman–Crippen MR) is 220 cm³/mol. The largest absolute Gasteiger partial charge is 0.309 e. The third-order valence-electron chi connectivity index (χ3n) is 10.6. The number of benzene rings is 9. The van der Waals surface area contributed by atoms with E-state index in [4.69, 9.17) is 15.0 Å². The van der Waals surface area contributed by atoms with Crippen LogP contribution in [0.3, 0.4) is 0 Å². The molecule has 2 heterocycles. The summed E-state index contributed by atoms with van der Waals surface area (Å²) in [5.41, 5.74) is 8.80. The molecule has 11 aromatic rings. The van der Waals surface area contributed by atoms with Gasteiger partial charge in [-0.3, -0.25) is 0 Å². The van der Waals surface area contributed by atoms with E-state index in [0.717, 1.165) is 27.6 Å². The highest BCUT2D eigenvalue weighted by Gasteiger charge is 2.21. The van der Waals surface area contributed by atoms with E-state index in [1.165, 1.54) is 60.0 Å². The van der Waals surface area contributed by atoms with Crippen molar-refractivity contribution in [2.75, 3.05) is 0 Å². The van der Waals surface area contributed by atoms with Gasteiger partial charge in [0.15, 0.2) is 17.5 Å². The lowest BCUT2D eigenvalue weighted by molar-refractivity contribution is 1.07. The molecule has 4 nitrogen and oxygen atoms in total. The van der Waals surface area contributed by atoms with Gasteiger partial charge in [0.1, 0.15) is 0 Å². The molecule has 11 rings (SSSR count). The van der Waals surface area contributed by atoms with E-state index >= 15 is 0 Å². The maximum Gasteiger partial charge on any atom is 0.164 e. The van der Waals surface area contributed by atoms with Crippen LogP contribution in [0, 0.1) is 0 Å². The zero-order valence-corrected chi connectivity index (χ0v) is 28.6. The number of hydrogen-bond donors (Lipinski definition) is 0. The van der Waals surface area contributed by atoms with Crippen LogP contribution in [-0.2, 0) is 0 Å². The zero-order valence-electron chi connectivity index (χ0n) is 28.6. The fourth-order valence-electron chi connectivity index (χ4n) is 8.17. The van der Waals surface area contributed by atoms with Gasteiger partial charge in [-0.05, 0) is 73.8 Å². The molecule has 246 valence electrons. The normalized spacial score (nSPS) is 11.8. The number of para-hydroxylation sites is 1. The summed E-state index contributed by atoms with van der Waals surface area (Å²) in [7, 11) is 0. The van der Waals surface area contributed by atoms with Gasteiger partial charge in [-0.1, -0.05) is 152 Å². The second-order valence-corrected chi connectivity index (χ2v) is 13.6. The average Bonchev–Trinajstić information content (AvgIpc) is 3.59. The van der Waals surface area contributed by atoms with Crippen LogP contribution in [0.2, 0.25) is 0 Å². The third kappa shape index (κ3) is 4.66. The highest BCUT2D eigenvalue weighted by Crippen LogP contribution is 2.45. The van der Waals surface area contributed by atoms with Gasteiger partial charge in [-0.25, -0.2) is 15.0 Å². The van der Waals surface area contributed by atoms with Crippen LogP contribution in [0.15, 0.2) is 182 Å². The zero-order chi connectivity index (χ0) is 34.9. The maximum absolute atomic E-state index is 5.09. The quantitative estimate of drug-likeness (QED) is 0.171. The predicted octanol–water partition coefficient (Wildman–Crippen LogP) is 12.5. The first-order valence-electron chi connectivity index (χ1n) is 18.0. The van der Waals surface area contributed by atoms with E-state index in [-0.39, 0.29) is 0 Å². The first-order chi connectivity index (χ1) is 26.3. The average molecular weight is 675 g/mol. The molecule has 0 aliphatic rings. The van der Waals surface area contributed by atoms with E-state index < -0.39 is 0 Å². The molecule has 9 aromatic carbocycles. The van der Waals surface area contributed by atoms with Crippen molar-refractivity contribution in [3.05, 3.63) is 182 Å². The molecule has 0 N–H and O–H groups in total. The van der Waals surface area contributed by atoms with Crippen molar-refractivity contribution in [3.63, 3.8) is 0 Å². The number of aromatic nitrogens is 4. The molecular weight excluding hydrogens is 645 g/mol. The lowest BCUT2D eigenvalue weighted by Gasteiger charge is -2.13. The van der Waals surface area contributed by atoms with Crippen LogP contribution in [0.25, 0.3) is 105 Å². The molecule has 0 fully saturated rings. The molecule has 4 heteroatoms. The third-order valence-corrected chi connectivity index (χ3v) is 10.6. The first kappa shape index (κ1) is 29.5.